The van der Waals surface area contributed by atoms with Crippen LogP contribution in [0.25, 0.3) is 5.52 Å². The standard InChI is InChI=1S/C17H19N5/c1-2-6-14-15(7-3-1)19-12-20-17(14)18-10-13-11-21-22-9-5-4-8-16(13)22/h4-5,8-9,11-12H,1-3,6-7,10H2,(H,18,19,20). The molecule has 0 aliphatic heterocycles. The van der Waals surface area contributed by atoms with Gasteiger partial charge in [-0.2, -0.15) is 5.10 Å². The first kappa shape index (κ1) is 13.2. The SMILES string of the molecule is c1ccn2ncc(CNc3ncnc4c3CCCCC4)c2c1. The molecule has 5 heteroatoms. The molecule has 3 heterocycles. The van der Waals surface area contributed by atoms with Gasteiger partial charge in [-0.1, -0.05) is 12.5 Å². The summed E-state index contributed by atoms with van der Waals surface area (Å²) in [6, 6.07) is 6.11. The van der Waals surface area contributed by atoms with Crippen molar-refractivity contribution in [2.24, 2.45) is 0 Å². The molecule has 0 fully saturated rings. The van der Waals surface area contributed by atoms with E-state index in [0.29, 0.717) is 0 Å². The minimum absolute atomic E-state index is 0.733. The van der Waals surface area contributed by atoms with Crippen LogP contribution in [-0.2, 0) is 19.4 Å². The van der Waals surface area contributed by atoms with Crippen molar-refractivity contribution in [1.82, 2.24) is 19.6 Å². The molecule has 4 rings (SSSR count). The highest BCUT2D eigenvalue weighted by Crippen LogP contribution is 2.24. The van der Waals surface area contributed by atoms with Gasteiger partial charge in [0.15, 0.2) is 0 Å². The molecule has 0 radical (unpaired) electrons. The van der Waals surface area contributed by atoms with Crippen LogP contribution in [0.1, 0.15) is 36.1 Å². The molecule has 0 spiro atoms. The number of aromatic nitrogens is 4. The van der Waals surface area contributed by atoms with Gasteiger partial charge in [-0.25, -0.2) is 14.5 Å². The van der Waals surface area contributed by atoms with Gasteiger partial charge < -0.3 is 5.32 Å². The van der Waals surface area contributed by atoms with Gasteiger partial charge in [0.1, 0.15) is 12.1 Å². The molecule has 1 aliphatic rings. The monoisotopic (exact) mass is 293 g/mol. The molecule has 0 bridgehead atoms. The highest BCUT2D eigenvalue weighted by molar-refractivity contribution is 5.55. The van der Waals surface area contributed by atoms with Gasteiger partial charge in [0.25, 0.3) is 0 Å². The number of hydrogen-bond acceptors (Lipinski definition) is 4. The number of aryl methyl sites for hydroxylation is 1. The van der Waals surface area contributed by atoms with E-state index in [-0.39, 0.29) is 0 Å². The molecule has 3 aromatic heterocycles. The van der Waals surface area contributed by atoms with Gasteiger partial charge >= 0.3 is 0 Å². The Labute approximate surface area is 129 Å². The molecule has 1 aliphatic carbocycles. The van der Waals surface area contributed by atoms with Crippen LogP contribution in [0.15, 0.2) is 36.9 Å². The zero-order chi connectivity index (χ0) is 14.8. The topological polar surface area (TPSA) is 55.1 Å². The molecule has 0 aromatic carbocycles. The van der Waals surface area contributed by atoms with E-state index < -0.39 is 0 Å². The average molecular weight is 293 g/mol. The van der Waals surface area contributed by atoms with Crippen LogP contribution in [0.4, 0.5) is 5.82 Å². The third kappa shape index (κ3) is 2.43. The third-order valence-electron chi connectivity index (χ3n) is 4.33. The summed E-state index contributed by atoms with van der Waals surface area (Å²) < 4.78 is 1.90. The Morgan fingerprint density at radius 2 is 2.05 bits per heavy atom. The Morgan fingerprint density at radius 3 is 3.05 bits per heavy atom. The summed E-state index contributed by atoms with van der Waals surface area (Å²) in [5.41, 5.74) is 4.84. The molecule has 0 unspecified atom stereocenters. The lowest BCUT2D eigenvalue weighted by Crippen LogP contribution is -2.07. The lowest BCUT2D eigenvalue weighted by atomic mass is 10.1. The largest absolute Gasteiger partial charge is 0.366 e. The van der Waals surface area contributed by atoms with E-state index in [1.807, 2.05) is 29.0 Å². The van der Waals surface area contributed by atoms with Gasteiger partial charge in [-0.15, -0.1) is 0 Å². The van der Waals surface area contributed by atoms with E-state index in [0.717, 1.165) is 30.7 Å². The average Bonchev–Trinajstić information content (AvgIpc) is 2.81. The number of rotatable bonds is 3. The molecular formula is C17H19N5. The predicted octanol–water partition coefficient (Wildman–Crippen LogP) is 3.01. The van der Waals surface area contributed by atoms with Crippen molar-refractivity contribution in [2.45, 2.75) is 38.6 Å². The number of nitrogens with one attached hydrogen (secondary N) is 1. The molecule has 5 nitrogen and oxygen atoms in total. The van der Waals surface area contributed by atoms with Gasteiger partial charge in [0.2, 0.25) is 0 Å². The van der Waals surface area contributed by atoms with Crippen LogP contribution in [0, 0.1) is 0 Å². The van der Waals surface area contributed by atoms with Crippen LogP contribution in [0.2, 0.25) is 0 Å². The minimum Gasteiger partial charge on any atom is -0.366 e. The number of hydrogen-bond donors (Lipinski definition) is 1. The van der Waals surface area contributed by atoms with E-state index >= 15 is 0 Å². The van der Waals surface area contributed by atoms with Gasteiger partial charge in [0, 0.05) is 29.6 Å². The molecule has 112 valence electrons. The second-order valence-electron chi connectivity index (χ2n) is 5.76. The molecule has 22 heavy (non-hydrogen) atoms. The number of anilines is 1. The summed E-state index contributed by atoms with van der Waals surface area (Å²) >= 11 is 0. The third-order valence-corrected chi connectivity index (χ3v) is 4.33. The smallest absolute Gasteiger partial charge is 0.133 e. The van der Waals surface area contributed by atoms with Crippen LogP contribution in [0.3, 0.4) is 0 Å². The first-order valence-corrected chi connectivity index (χ1v) is 7.90. The lowest BCUT2D eigenvalue weighted by Gasteiger charge is -2.12. The quantitative estimate of drug-likeness (QED) is 0.754. The van der Waals surface area contributed by atoms with E-state index in [9.17, 15) is 0 Å². The van der Waals surface area contributed by atoms with Gasteiger partial charge in [-0.3, -0.25) is 0 Å². The van der Waals surface area contributed by atoms with E-state index in [1.165, 1.54) is 36.1 Å². The second-order valence-corrected chi connectivity index (χ2v) is 5.76. The predicted molar refractivity (Wildman–Crippen MR) is 85.8 cm³/mol. The molecule has 0 saturated heterocycles. The normalized spacial score (nSPS) is 14.5. The Hall–Kier alpha value is -2.43. The van der Waals surface area contributed by atoms with Crippen LogP contribution in [0.5, 0.6) is 0 Å². The highest BCUT2D eigenvalue weighted by atomic mass is 15.2. The molecular weight excluding hydrogens is 274 g/mol. The van der Waals surface area contributed by atoms with Crippen LogP contribution in [-0.4, -0.2) is 19.6 Å². The molecule has 0 atom stereocenters. The van der Waals surface area contributed by atoms with Crippen molar-refractivity contribution < 1.29 is 0 Å². The summed E-state index contributed by atoms with van der Waals surface area (Å²) in [6.45, 7) is 0.733. The van der Waals surface area contributed by atoms with Crippen LogP contribution >= 0.6 is 0 Å². The number of fused-ring (bicyclic) bond motifs is 2. The number of pyridine rings is 1. The Morgan fingerprint density at radius 1 is 1.09 bits per heavy atom. The zero-order valence-corrected chi connectivity index (χ0v) is 12.5. The summed E-state index contributed by atoms with van der Waals surface area (Å²) in [5.74, 6) is 0.988. The number of nitrogens with zero attached hydrogens (tertiary/aromatic N) is 4. The zero-order valence-electron chi connectivity index (χ0n) is 12.5. The lowest BCUT2D eigenvalue weighted by molar-refractivity contribution is 0.709. The van der Waals surface area contributed by atoms with E-state index in [2.05, 4.69) is 26.4 Å². The minimum atomic E-state index is 0.733. The van der Waals surface area contributed by atoms with Crippen molar-refractivity contribution in [3.63, 3.8) is 0 Å². The van der Waals surface area contributed by atoms with Gasteiger partial charge in [0.05, 0.1) is 11.7 Å². The molecule has 0 saturated carbocycles. The van der Waals surface area contributed by atoms with Crippen molar-refractivity contribution >= 4 is 11.3 Å². The second kappa shape index (κ2) is 5.75. The first-order valence-electron chi connectivity index (χ1n) is 7.90. The summed E-state index contributed by atoms with van der Waals surface area (Å²) in [7, 11) is 0. The fourth-order valence-corrected chi connectivity index (χ4v) is 3.15. The highest BCUT2D eigenvalue weighted by Gasteiger charge is 2.14. The maximum Gasteiger partial charge on any atom is 0.133 e. The first-order chi connectivity index (χ1) is 10.9. The Bertz CT molecular complexity index is 793. The van der Waals surface area contributed by atoms with Crippen LogP contribution < -0.4 is 5.32 Å². The van der Waals surface area contributed by atoms with E-state index in [1.54, 1.807) is 6.33 Å². The van der Waals surface area contributed by atoms with Crippen molar-refractivity contribution in [3.05, 3.63) is 53.7 Å². The fourth-order valence-electron chi connectivity index (χ4n) is 3.15. The molecule has 0 amide bonds. The Kier molecular flexibility index (Phi) is 3.46. The van der Waals surface area contributed by atoms with Gasteiger partial charge in [-0.05, 0) is 37.8 Å². The van der Waals surface area contributed by atoms with Crippen molar-refractivity contribution in [3.8, 4) is 0 Å². The molecule has 1 N–H and O–H groups in total. The maximum atomic E-state index is 4.47. The summed E-state index contributed by atoms with van der Waals surface area (Å²) in [4.78, 5) is 8.93. The summed E-state index contributed by atoms with van der Waals surface area (Å²) in [6.07, 6.45) is 11.5. The Balaban J connectivity index is 1.59. The van der Waals surface area contributed by atoms with E-state index in [4.69, 9.17) is 0 Å². The van der Waals surface area contributed by atoms with Crippen molar-refractivity contribution in [2.75, 3.05) is 5.32 Å². The maximum absolute atomic E-state index is 4.47. The van der Waals surface area contributed by atoms with Crippen molar-refractivity contribution in [1.29, 1.82) is 0 Å². The fraction of sp³-hybridized carbons (Fsp3) is 0.353. The molecule has 3 aromatic rings. The summed E-state index contributed by atoms with van der Waals surface area (Å²) in [5, 5.41) is 7.87.